The molecule has 3 N–H and O–H groups in total. The summed E-state index contributed by atoms with van der Waals surface area (Å²) in [5.41, 5.74) is 7.62. The number of nitrogens with zero attached hydrogens (tertiary/aromatic N) is 1. The number of aromatic nitrogens is 1. The smallest absolute Gasteiger partial charge is 0.305 e. The van der Waals surface area contributed by atoms with Crippen molar-refractivity contribution in [3.05, 3.63) is 35.0 Å². The van der Waals surface area contributed by atoms with E-state index in [0.29, 0.717) is 5.02 Å². The van der Waals surface area contributed by atoms with Crippen molar-refractivity contribution < 1.29 is 9.90 Å². The summed E-state index contributed by atoms with van der Waals surface area (Å²) in [5, 5.41) is 10.2. The molecule has 0 spiro atoms. The first kappa shape index (κ1) is 12.0. The van der Waals surface area contributed by atoms with Crippen LogP contribution in [0.3, 0.4) is 0 Å². The molecule has 0 radical (unpaired) electrons. The largest absolute Gasteiger partial charge is 0.481 e. The van der Waals surface area contributed by atoms with E-state index < -0.39 is 12.0 Å². The highest BCUT2D eigenvalue weighted by Crippen LogP contribution is 2.31. The standard InChI is InChI=1S/C12H13ClN2O2/c1-15-6-8(13)12-7(3-2-4-10(12)15)9(14)5-11(16)17/h2-4,6,9H,5,14H2,1H3,(H,16,17). The van der Waals surface area contributed by atoms with E-state index in [9.17, 15) is 4.79 Å². The Hall–Kier alpha value is -1.52. The number of hydrogen-bond donors (Lipinski definition) is 2. The van der Waals surface area contributed by atoms with Crippen molar-refractivity contribution in [2.75, 3.05) is 0 Å². The number of carbonyl (C=O) groups is 1. The van der Waals surface area contributed by atoms with Gasteiger partial charge in [-0.25, -0.2) is 0 Å². The summed E-state index contributed by atoms with van der Waals surface area (Å²) in [7, 11) is 1.89. The van der Waals surface area contributed by atoms with E-state index in [-0.39, 0.29) is 6.42 Å². The van der Waals surface area contributed by atoms with Gasteiger partial charge < -0.3 is 15.4 Å². The van der Waals surface area contributed by atoms with Crippen molar-refractivity contribution in [3.63, 3.8) is 0 Å². The van der Waals surface area contributed by atoms with Crippen LogP contribution in [0.2, 0.25) is 5.02 Å². The quantitative estimate of drug-likeness (QED) is 0.881. The maximum absolute atomic E-state index is 10.7. The molecular weight excluding hydrogens is 240 g/mol. The van der Waals surface area contributed by atoms with Crippen molar-refractivity contribution in [2.24, 2.45) is 12.8 Å². The minimum atomic E-state index is -0.915. The predicted molar refractivity (Wildman–Crippen MR) is 67.1 cm³/mol. The number of halogens is 1. The molecule has 1 aromatic heterocycles. The second-order valence-electron chi connectivity index (χ2n) is 4.03. The molecular formula is C12H13ClN2O2. The third-order valence-electron chi connectivity index (χ3n) is 2.79. The lowest BCUT2D eigenvalue weighted by Crippen LogP contribution is -2.15. The maximum Gasteiger partial charge on any atom is 0.305 e. The van der Waals surface area contributed by atoms with Gasteiger partial charge in [-0.05, 0) is 11.6 Å². The van der Waals surface area contributed by atoms with Crippen LogP contribution in [-0.4, -0.2) is 15.6 Å². The third-order valence-corrected chi connectivity index (χ3v) is 3.08. The first-order valence-electron chi connectivity index (χ1n) is 5.21. The lowest BCUT2D eigenvalue weighted by Gasteiger charge is -2.11. The van der Waals surface area contributed by atoms with E-state index in [1.165, 1.54) is 0 Å². The van der Waals surface area contributed by atoms with Crippen LogP contribution in [0.25, 0.3) is 10.9 Å². The number of aryl methyl sites for hydroxylation is 1. The van der Waals surface area contributed by atoms with E-state index in [1.807, 2.05) is 29.8 Å². The molecule has 4 nitrogen and oxygen atoms in total. The fourth-order valence-corrected chi connectivity index (χ4v) is 2.38. The lowest BCUT2D eigenvalue weighted by molar-refractivity contribution is -0.137. The van der Waals surface area contributed by atoms with Crippen LogP contribution in [0.1, 0.15) is 18.0 Å². The van der Waals surface area contributed by atoms with Crippen molar-refractivity contribution >= 4 is 28.5 Å². The van der Waals surface area contributed by atoms with Gasteiger partial charge in [0.25, 0.3) is 0 Å². The molecule has 0 aliphatic carbocycles. The maximum atomic E-state index is 10.7. The Morgan fingerprint density at radius 3 is 2.94 bits per heavy atom. The molecule has 1 atom stereocenters. The summed E-state index contributed by atoms with van der Waals surface area (Å²) in [6.07, 6.45) is 1.69. The van der Waals surface area contributed by atoms with Gasteiger partial charge in [-0.3, -0.25) is 4.79 Å². The van der Waals surface area contributed by atoms with Crippen LogP contribution >= 0.6 is 11.6 Å². The van der Waals surface area contributed by atoms with Crippen LogP contribution in [0.5, 0.6) is 0 Å². The Bertz CT molecular complexity index is 577. The monoisotopic (exact) mass is 252 g/mol. The number of rotatable bonds is 3. The summed E-state index contributed by atoms with van der Waals surface area (Å²) >= 11 is 6.14. The summed E-state index contributed by atoms with van der Waals surface area (Å²) in [6.45, 7) is 0. The molecule has 1 unspecified atom stereocenters. The van der Waals surface area contributed by atoms with Crippen LogP contribution in [0, 0.1) is 0 Å². The molecule has 0 saturated carbocycles. The van der Waals surface area contributed by atoms with Gasteiger partial charge in [0, 0.05) is 30.2 Å². The average molecular weight is 253 g/mol. The normalized spacial score (nSPS) is 12.9. The number of benzene rings is 1. The average Bonchev–Trinajstić information content (AvgIpc) is 2.54. The van der Waals surface area contributed by atoms with E-state index in [1.54, 1.807) is 6.20 Å². The highest BCUT2D eigenvalue weighted by Gasteiger charge is 2.16. The van der Waals surface area contributed by atoms with E-state index in [2.05, 4.69) is 0 Å². The molecule has 0 aliphatic rings. The fourth-order valence-electron chi connectivity index (χ4n) is 2.02. The summed E-state index contributed by atoms with van der Waals surface area (Å²) in [4.78, 5) is 10.7. The molecule has 0 aliphatic heterocycles. The molecule has 0 bridgehead atoms. The number of carboxylic acid groups (broad SMARTS) is 1. The first-order valence-corrected chi connectivity index (χ1v) is 5.59. The summed E-state index contributed by atoms with van der Waals surface area (Å²) in [6, 6.07) is 5.06. The zero-order valence-corrected chi connectivity index (χ0v) is 10.1. The molecule has 90 valence electrons. The molecule has 17 heavy (non-hydrogen) atoms. The van der Waals surface area contributed by atoms with Gasteiger partial charge in [0.2, 0.25) is 0 Å². The third kappa shape index (κ3) is 2.14. The van der Waals surface area contributed by atoms with E-state index >= 15 is 0 Å². The second-order valence-corrected chi connectivity index (χ2v) is 4.44. The van der Waals surface area contributed by atoms with Crippen molar-refractivity contribution in [2.45, 2.75) is 12.5 Å². The van der Waals surface area contributed by atoms with Crippen LogP contribution in [0.4, 0.5) is 0 Å². The molecule has 0 fully saturated rings. The number of nitrogens with two attached hydrogens (primary N) is 1. The van der Waals surface area contributed by atoms with Gasteiger partial charge in [-0.15, -0.1) is 0 Å². The van der Waals surface area contributed by atoms with Gasteiger partial charge in [-0.1, -0.05) is 23.7 Å². The molecule has 5 heteroatoms. The molecule has 1 heterocycles. The van der Waals surface area contributed by atoms with Crippen molar-refractivity contribution in [3.8, 4) is 0 Å². The van der Waals surface area contributed by atoms with Crippen LogP contribution in [0.15, 0.2) is 24.4 Å². The highest BCUT2D eigenvalue weighted by atomic mass is 35.5. The topological polar surface area (TPSA) is 68.2 Å². The van der Waals surface area contributed by atoms with Crippen LogP contribution < -0.4 is 5.73 Å². The minimum absolute atomic E-state index is 0.107. The molecule has 2 aromatic rings. The Kier molecular flexibility index (Phi) is 3.09. The minimum Gasteiger partial charge on any atom is -0.481 e. The molecule has 0 saturated heterocycles. The van der Waals surface area contributed by atoms with Crippen LogP contribution in [-0.2, 0) is 11.8 Å². The van der Waals surface area contributed by atoms with Gasteiger partial charge in [-0.2, -0.15) is 0 Å². The van der Waals surface area contributed by atoms with E-state index in [0.717, 1.165) is 16.5 Å². The van der Waals surface area contributed by atoms with Gasteiger partial charge >= 0.3 is 5.97 Å². The van der Waals surface area contributed by atoms with E-state index in [4.69, 9.17) is 22.4 Å². The van der Waals surface area contributed by atoms with Gasteiger partial charge in [0.1, 0.15) is 0 Å². The van der Waals surface area contributed by atoms with Crippen molar-refractivity contribution in [1.29, 1.82) is 0 Å². The second kappa shape index (κ2) is 4.39. The number of carboxylic acids is 1. The Morgan fingerprint density at radius 2 is 2.29 bits per heavy atom. The zero-order valence-electron chi connectivity index (χ0n) is 9.35. The SMILES string of the molecule is Cn1cc(Cl)c2c(C(N)CC(=O)O)cccc21. The lowest BCUT2D eigenvalue weighted by atomic mass is 10.0. The first-order chi connectivity index (χ1) is 8.00. The Morgan fingerprint density at radius 1 is 1.59 bits per heavy atom. The number of fused-ring (bicyclic) bond motifs is 1. The highest BCUT2D eigenvalue weighted by molar-refractivity contribution is 6.36. The zero-order chi connectivity index (χ0) is 12.6. The predicted octanol–water partition coefficient (Wildman–Crippen LogP) is 2.31. The molecule has 0 amide bonds. The number of hydrogen-bond acceptors (Lipinski definition) is 2. The number of aliphatic carboxylic acids is 1. The summed E-state index contributed by atoms with van der Waals surface area (Å²) < 4.78 is 1.90. The Labute approximate surface area is 104 Å². The van der Waals surface area contributed by atoms with Gasteiger partial charge in [0.05, 0.1) is 11.4 Å². The van der Waals surface area contributed by atoms with Crippen molar-refractivity contribution in [1.82, 2.24) is 4.57 Å². The van der Waals surface area contributed by atoms with Gasteiger partial charge in [0.15, 0.2) is 0 Å². The molecule has 2 rings (SSSR count). The Balaban J connectivity index is 2.57. The summed E-state index contributed by atoms with van der Waals surface area (Å²) in [5.74, 6) is -0.915. The fraction of sp³-hybridized carbons (Fsp3) is 0.250. The molecule has 1 aromatic carbocycles.